The average molecular weight is 275 g/mol. The fourth-order valence-corrected chi connectivity index (χ4v) is 1.53. The largest absolute Gasteiger partial charge is 0.490 e. The van der Waals surface area contributed by atoms with Crippen LogP contribution in [0.2, 0.25) is 0 Å². The molecule has 0 spiro atoms. The van der Waals surface area contributed by atoms with Gasteiger partial charge in [-0.2, -0.15) is 0 Å². The van der Waals surface area contributed by atoms with Gasteiger partial charge in [-0.25, -0.2) is 0 Å². The van der Waals surface area contributed by atoms with Gasteiger partial charge in [0.1, 0.15) is 12.4 Å². The Kier molecular flexibility index (Phi) is 4.57. The molecular weight excluding hydrogens is 260 g/mol. The van der Waals surface area contributed by atoms with Crippen LogP contribution in [0.5, 0.6) is 5.75 Å². The molecule has 4 heteroatoms. The van der Waals surface area contributed by atoms with Crippen LogP contribution in [-0.4, -0.2) is 22.9 Å². The summed E-state index contributed by atoms with van der Waals surface area (Å²) in [5.41, 5.74) is 0.721. The Balaban J connectivity index is 2.87. The number of hydrogen-bond donors (Lipinski definition) is 2. The Morgan fingerprint density at radius 3 is 2.53 bits per heavy atom. The number of halogens is 1. The Labute approximate surface area is 97.8 Å². The molecule has 0 amide bonds. The summed E-state index contributed by atoms with van der Waals surface area (Å²) in [7, 11) is 0. The van der Waals surface area contributed by atoms with Gasteiger partial charge in [-0.1, -0.05) is 22.0 Å². The van der Waals surface area contributed by atoms with Gasteiger partial charge in [0, 0.05) is 10.0 Å². The van der Waals surface area contributed by atoms with E-state index >= 15 is 0 Å². The second-order valence-corrected chi connectivity index (χ2v) is 4.43. The smallest absolute Gasteiger partial charge is 0.126 e. The van der Waals surface area contributed by atoms with E-state index in [-0.39, 0.29) is 6.61 Å². The third-order valence-corrected chi connectivity index (χ3v) is 2.40. The van der Waals surface area contributed by atoms with E-state index in [1.165, 1.54) is 0 Å². The van der Waals surface area contributed by atoms with Gasteiger partial charge < -0.3 is 14.9 Å². The monoisotopic (exact) mass is 274 g/mol. The van der Waals surface area contributed by atoms with E-state index in [0.717, 1.165) is 10.0 Å². The average Bonchev–Trinajstić information content (AvgIpc) is 2.14. The maximum atomic E-state index is 9.50. The van der Waals surface area contributed by atoms with Crippen LogP contribution in [-0.2, 0) is 0 Å². The molecular formula is C11H15BrO3. The molecule has 1 unspecified atom stereocenters. The third-order valence-electron chi connectivity index (χ3n) is 1.91. The Morgan fingerprint density at radius 1 is 1.33 bits per heavy atom. The van der Waals surface area contributed by atoms with Gasteiger partial charge >= 0.3 is 0 Å². The highest BCUT2D eigenvalue weighted by Crippen LogP contribution is 2.28. The zero-order valence-corrected chi connectivity index (χ0v) is 10.4. The molecule has 0 radical (unpaired) electrons. The van der Waals surface area contributed by atoms with Crippen LogP contribution in [0.25, 0.3) is 0 Å². The van der Waals surface area contributed by atoms with Crippen molar-refractivity contribution >= 4 is 15.9 Å². The Bertz CT molecular complexity index is 324. The lowest BCUT2D eigenvalue weighted by Gasteiger charge is -2.14. The molecule has 0 fully saturated rings. The van der Waals surface area contributed by atoms with E-state index < -0.39 is 12.2 Å². The van der Waals surface area contributed by atoms with Crippen molar-refractivity contribution in [3.63, 3.8) is 0 Å². The van der Waals surface area contributed by atoms with Crippen molar-refractivity contribution in [3.05, 3.63) is 28.2 Å². The molecule has 0 saturated carbocycles. The van der Waals surface area contributed by atoms with E-state index in [1.54, 1.807) is 26.0 Å². The number of aliphatic hydroxyl groups excluding tert-OH is 2. The quantitative estimate of drug-likeness (QED) is 0.886. The molecule has 0 aromatic heterocycles. The molecule has 2 atom stereocenters. The summed E-state index contributed by atoms with van der Waals surface area (Å²) >= 11 is 3.33. The molecule has 0 aliphatic rings. The van der Waals surface area contributed by atoms with Crippen LogP contribution in [0.4, 0.5) is 0 Å². The van der Waals surface area contributed by atoms with Crippen LogP contribution in [0.15, 0.2) is 22.7 Å². The third kappa shape index (κ3) is 3.81. The molecule has 0 heterocycles. The first kappa shape index (κ1) is 12.5. The minimum Gasteiger partial charge on any atom is -0.490 e. The molecule has 3 nitrogen and oxygen atoms in total. The van der Waals surface area contributed by atoms with Gasteiger partial charge in [0.15, 0.2) is 0 Å². The molecule has 2 N–H and O–H groups in total. The first-order valence-corrected chi connectivity index (χ1v) is 5.58. The van der Waals surface area contributed by atoms with Crippen molar-refractivity contribution < 1.29 is 14.9 Å². The molecule has 0 bridgehead atoms. The maximum absolute atomic E-state index is 9.50. The predicted molar refractivity (Wildman–Crippen MR) is 62.0 cm³/mol. The SMILES string of the molecule is CC(O)COc1cc(Br)ccc1[C@@H](C)O. The van der Waals surface area contributed by atoms with E-state index in [9.17, 15) is 5.11 Å². The lowest BCUT2D eigenvalue weighted by Crippen LogP contribution is -2.14. The first-order valence-electron chi connectivity index (χ1n) is 4.79. The van der Waals surface area contributed by atoms with Gasteiger partial charge in [0.25, 0.3) is 0 Å². The number of hydrogen-bond acceptors (Lipinski definition) is 3. The van der Waals surface area contributed by atoms with Crippen molar-refractivity contribution in [2.75, 3.05) is 6.61 Å². The minimum atomic E-state index is -0.581. The van der Waals surface area contributed by atoms with Crippen molar-refractivity contribution in [1.29, 1.82) is 0 Å². The van der Waals surface area contributed by atoms with Gasteiger partial charge in [-0.05, 0) is 26.0 Å². The Morgan fingerprint density at radius 2 is 2.00 bits per heavy atom. The summed E-state index contributed by atoms with van der Waals surface area (Å²) in [6.07, 6.45) is -1.10. The fourth-order valence-electron chi connectivity index (χ4n) is 1.19. The molecule has 1 aromatic carbocycles. The fraction of sp³-hybridized carbons (Fsp3) is 0.455. The van der Waals surface area contributed by atoms with Crippen molar-refractivity contribution in [1.82, 2.24) is 0 Å². The normalized spacial score (nSPS) is 14.7. The number of aliphatic hydroxyl groups is 2. The molecule has 15 heavy (non-hydrogen) atoms. The van der Waals surface area contributed by atoms with Gasteiger partial charge in [-0.3, -0.25) is 0 Å². The summed E-state index contributed by atoms with van der Waals surface area (Å²) in [6, 6.07) is 5.42. The van der Waals surface area contributed by atoms with Crippen LogP contribution < -0.4 is 4.74 Å². The lowest BCUT2D eigenvalue weighted by atomic mass is 10.1. The van der Waals surface area contributed by atoms with Crippen LogP contribution in [0, 0.1) is 0 Å². The summed E-state index contributed by atoms with van der Waals surface area (Å²) in [5, 5.41) is 18.6. The molecule has 1 rings (SSSR count). The van der Waals surface area contributed by atoms with E-state index in [1.807, 2.05) is 6.07 Å². The van der Waals surface area contributed by atoms with Gasteiger partial charge in [0.05, 0.1) is 12.2 Å². The molecule has 1 aromatic rings. The molecule has 0 saturated heterocycles. The summed E-state index contributed by atoms with van der Waals surface area (Å²) in [5.74, 6) is 0.597. The van der Waals surface area contributed by atoms with Crippen LogP contribution >= 0.6 is 15.9 Å². The highest BCUT2D eigenvalue weighted by molar-refractivity contribution is 9.10. The van der Waals surface area contributed by atoms with E-state index in [4.69, 9.17) is 9.84 Å². The summed E-state index contributed by atoms with van der Waals surface area (Å²) < 4.78 is 6.28. The number of ether oxygens (including phenoxy) is 1. The summed E-state index contributed by atoms with van der Waals surface area (Å²) in [6.45, 7) is 3.55. The van der Waals surface area contributed by atoms with Crippen LogP contribution in [0.3, 0.4) is 0 Å². The highest BCUT2D eigenvalue weighted by atomic mass is 79.9. The minimum absolute atomic E-state index is 0.218. The number of rotatable bonds is 4. The standard InChI is InChI=1S/C11H15BrO3/c1-7(13)6-15-11-5-9(12)3-4-10(11)8(2)14/h3-5,7-8,13-14H,6H2,1-2H3/t7?,8-/m1/s1. The van der Waals surface area contributed by atoms with Crippen molar-refractivity contribution in [2.45, 2.75) is 26.1 Å². The predicted octanol–water partition coefficient (Wildman–Crippen LogP) is 2.26. The van der Waals surface area contributed by atoms with Gasteiger partial charge in [0.2, 0.25) is 0 Å². The second kappa shape index (κ2) is 5.49. The van der Waals surface area contributed by atoms with Crippen molar-refractivity contribution in [2.24, 2.45) is 0 Å². The lowest BCUT2D eigenvalue weighted by molar-refractivity contribution is 0.118. The van der Waals surface area contributed by atoms with Gasteiger partial charge in [-0.15, -0.1) is 0 Å². The highest BCUT2D eigenvalue weighted by Gasteiger charge is 2.10. The van der Waals surface area contributed by atoms with E-state index in [2.05, 4.69) is 15.9 Å². The first-order chi connectivity index (χ1) is 7.00. The Hall–Kier alpha value is -0.580. The maximum Gasteiger partial charge on any atom is 0.126 e. The zero-order valence-electron chi connectivity index (χ0n) is 8.77. The topological polar surface area (TPSA) is 49.7 Å². The zero-order chi connectivity index (χ0) is 11.4. The second-order valence-electron chi connectivity index (χ2n) is 3.52. The van der Waals surface area contributed by atoms with E-state index in [0.29, 0.717) is 5.75 Å². The molecule has 84 valence electrons. The molecule has 0 aliphatic carbocycles. The number of benzene rings is 1. The van der Waals surface area contributed by atoms with Crippen LogP contribution in [0.1, 0.15) is 25.5 Å². The van der Waals surface area contributed by atoms with Crippen molar-refractivity contribution in [3.8, 4) is 5.75 Å². The molecule has 0 aliphatic heterocycles. The summed E-state index contributed by atoms with van der Waals surface area (Å²) in [4.78, 5) is 0.